The topological polar surface area (TPSA) is 74.6 Å². The molecule has 1 aliphatic heterocycles. The molecular formula is C25H29N3O3. The van der Waals surface area contributed by atoms with Crippen molar-refractivity contribution < 1.29 is 14.3 Å². The second-order valence-electron chi connectivity index (χ2n) is 8.71. The molecule has 1 aliphatic carbocycles. The summed E-state index contributed by atoms with van der Waals surface area (Å²) in [5, 5.41) is 12.8. The molecule has 0 radical (unpaired) electrons. The van der Waals surface area contributed by atoms with Crippen LogP contribution in [-0.2, 0) is 4.74 Å². The first-order valence-corrected chi connectivity index (χ1v) is 10.9. The van der Waals surface area contributed by atoms with Crippen LogP contribution < -0.4 is 15.0 Å². The van der Waals surface area contributed by atoms with Crippen LogP contribution >= 0.6 is 0 Å². The standard InChI is InChI=1S/C25H29N3O3/c1-16(2)15-31-25(29)27-18-9-7-17(8-10-18)24-22(14-26)21-12-11-20(30-3)13-23(21)28(24)19-5-4-6-19/h7-13,16,19,22,24H,4-6,15H2,1-3H3,(H,27,29). The minimum atomic E-state index is -0.451. The Morgan fingerprint density at radius 2 is 1.97 bits per heavy atom. The molecule has 2 aromatic rings. The minimum Gasteiger partial charge on any atom is -0.497 e. The summed E-state index contributed by atoms with van der Waals surface area (Å²) in [4.78, 5) is 14.4. The van der Waals surface area contributed by atoms with Crippen LogP contribution in [0, 0.1) is 17.2 Å². The van der Waals surface area contributed by atoms with Gasteiger partial charge in [-0.2, -0.15) is 5.26 Å². The lowest BCUT2D eigenvalue weighted by molar-refractivity contribution is 0.147. The molecule has 4 rings (SSSR count). The number of nitrogens with zero attached hydrogens (tertiary/aromatic N) is 2. The van der Waals surface area contributed by atoms with Crippen molar-refractivity contribution in [2.24, 2.45) is 5.92 Å². The number of nitrogens with one attached hydrogen (secondary N) is 1. The highest BCUT2D eigenvalue weighted by Gasteiger charge is 2.44. The number of carbonyl (C=O) groups excluding carboxylic acids is 1. The van der Waals surface area contributed by atoms with E-state index >= 15 is 0 Å². The fraction of sp³-hybridized carbons (Fsp3) is 0.440. The zero-order chi connectivity index (χ0) is 22.0. The second-order valence-corrected chi connectivity index (χ2v) is 8.71. The lowest BCUT2D eigenvalue weighted by Gasteiger charge is -2.41. The van der Waals surface area contributed by atoms with Crippen LogP contribution in [0.2, 0.25) is 0 Å². The van der Waals surface area contributed by atoms with Gasteiger partial charge in [-0.15, -0.1) is 0 Å². The fourth-order valence-electron chi connectivity index (χ4n) is 4.36. The van der Waals surface area contributed by atoms with Crippen LogP contribution in [-0.4, -0.2) is 25.9 Å². The third-order valence-electron chi connectivity index (χ3n) is 6.12. The molecule has 6 heteroatoms. The summed E-state index contributed by atoms with van der Waals surface area (Å²) in [7, 11) is 1.67. The molecule has 6 nitrogen and oxygen atoms in total. The number of amides is 1. The van der Waals surface area contributed by atoms with E-state index < -0.39 is 6.09 Å². The van der Waals surface area contributed by atoms with Gasteiger partial charge < -0.3 is 14.4 Å². The van der Waals surface area contributed by atoms with E-state index in [1.807, 2.05) is 50.2 Å². The fourth-order valence-corrected chi connectivity index (χ4v) is 4.36. The Balaban J connectivity index is 1.60. The van der Waals surface area contributed by atoms with Gasteiger partial charge in [0.1, 0.15) is 5.75 Å². The molecule has 0 aromatic heterocycles. The normalized spacial score (nSPS) is 20.0. The number of carbonyl (C=O) groups is 1. The van der Waals surface area contributed by atoms with Gasteiger partial charge in [-0.05, 0) is 54.5 Å². The Bertz CT molecular complexity index is 976. The Hall–Kier alpha value is -3.20. The van der Waals surface area contributed by atoms with E-state index in [1.54, 1.807) is 7.11 Å². The lowest BCUT2D eigenvalue weighted by atomic mass is 9.87. The van der Waals surface area contributed by atoms with Crippen molar-refractivity contribution >= 4 is 17.5 Å². The summed E-state index contributed by atoms with van der Waals surface area (Å²) in [6.45, 7) is 4.38. The van der Waals surface area contributed by atoms with E-state index in [4.69, 9.17) is 9.47 Å². The van der Waals surface area contributed by atoms with E-state index in [2.05, 4.69) is 22.4 Å². The van der Waals surface area contributed by atoms with Crippen molar-refractivity contribution in [3.63, 3.8) is 0 Å². The minimum absolute atomic E-state index is 0.0562. The van der Waals surface area contributed by atoms with Gasteiger partial charge in [0.05, 0.1) is 31.7 Å². The van der Waals surface area contributed by atoms with Crippen LogP contribution in [0.4, 0.5) is 16.2 Å². The van der Waals surface area contributed by atoms with Crippen molar-refractivity contribution in [3.8, 4) is 11.8 Å². The maximum atomic E-state index is 12.0. The molecule has 1 saturated carbocycles. The summed E-state index contributed by atoms with van der Waals surface area (Å²) in [6, 6.07) is 16.7. The van der Waals surface area contributed by atoms with Crippen molar-refractivity contribution in [2.75, 3.05) is 23.9 Å². The van der Waals surface area contributed by atoms with Crippen LogP contribution in [0.3, 0.4) is 0 Å². The monoisotopic (exact) mass is 419 g/mol. The average molecular weight is 420 g/mol. The van der Waals surface area contributed by atoms with E-state index in [1.165, 1.54) is 6.42 Å². The number of methoxy groups -OCH3 is 1. The number of ether oxygens (including phenoxy) is 2. The van der Waals surface area contributed by atoms with Crippen molar-refractivity contribution in [2.45, 2.75) is 51.1 Å². The number of hydrogen-bond donors (Lipinski definition) is 1. The highest BCUT2D eigenvalue weighted by Crippen LogP contribution is 2.53. The van der Waals surface area contributed by atoms with Crippen LogP contribution in [0.5, 0.6) is 5.75 Å². The highest BCUT2D eigenvalue weighted by molar-refractivity contribution is 5.84. The number of fused-ring (bicyclic) bond motifs is 1. The molecular weight excluding hydrogens is 390 g/mol. The van der Waals surface area contributed by atoms with Gasteiger partial charge in [0.15, 0.2) is 0 Å². The van der Waals surface area contributed by atoms with Gasteiger partial charge in [0.25, 0.3) is 0 Å². The van der Waals surface area contributed by atoms with Crippen LogP contribution in [0.25, 0.3) is 0 Å². The number of benzene rings is 2. The van der Waals surface area contributed by atoms with Gasteiger partial charge in [-0.3, -0.25) is 5.32 Å². The Kier molecular flexibility index (Phi) is 6.03. The first-order valence-electron chi connectivity index (χ1n) is 10.9. The van der Waals surface area contributed by atoms with Crippen molar-refractivity contribution in [1.82, 2.24) is 0 Å². The lowest BCUT2D eigenvalue weighted by Crippen LogP contribution is -2.41. The Morgan fingerprint density at radius 1 is 1.23 bits per heavy atom. The maximum Gasteiger partial charge on any atom is 0.411 e. The molecule has 0 spiro atoms. The summed E-state index contributed by atoms with van der Waals surface area (Å²) >= 11 is 0. The molecule has 0 bridgehead atoms. The van der Waals surface area contributed by atoms with E-state index in [9.17, 15) is 10.1 Å². The quantitative estimate of drug-likeness (QED) is 0.658. The molecule has 1 amide bonds. The number of rotatable bonds is 6. The largest absolute Gasteiger partial charge is 0.497 e. The van der Waals surface area contributed by atoms with Crippen molar-refractivity contribution in [3.05, 3.63) is 53.6 Å². The van der Waals surface area contributed by atoms with Gasteiger partial charge in [-0.1, -0.05) is 32.0 Å². The van der Waals surface area contributed by atoms with Gasteiger partial charge in [0.2, 0.25) is 0 Å². The van der Waals surface area contributed by atoms with Crippen molar-refractivity contribution in [1.29, 1.82) is 5.26 Å². The van der Waals surface area contributed by atoms with Crippen LogP contribution in [0.1, 0.15) is 56.2 Å². The first kappa shape index (κ1) is 21.0. The molecule has 1 N–H and O–H groups in total. The Morgan fingerprint density at radius 3 is 2.55 bits per heavy atom. The van der Waals surface area contributed by atoms with E-state index in [-0.39, 0.29) is 17.9 Å². The molecule has 162 valence electrons. The molecule has 2 unspecified atom stereocenters. The summed E-state index contributed by atoms with van der Waals surface area (Å²) in [5.74, 6) is 0.840. The molecule has 1 heterocycles. The predicted molar refractivity (Wildman–Crippen MR) is 120 cm³/mol. The first-order chi connectivity index (χ1) is 15.0. The second kappa shape index (κ2) is 8.89. The number of anilines is 2. The smallest absolute Gasteiger partial charge is 0.411 e. The molecule has 2 aliphatic rings. The third kappa shape index (κ3) is 4.18. The van der Waals surface area contributed by atoms with E-state index in [0.29, 0.717) is 18.3 Å². The molecule has 2 aromatic carbocycles. The molecule has 0 saturated heterocycles. The summed E-state index contributed by atoms with van der Waals surface area (Å²) in [6.07, 6.45) is 3.03. The molecule has 31 heavy (non-hydrogen) atoms. The van der Waals surface area contributed by atoms with E-state index in [0.717, 1.165) is 35.4 Å². The molecule has 2 atom stereocenters. The number of nitriles is 1. The zero-order valence-electron chi connectivity index (χ0n) is 18.3. The van der Waals surface area contributed by atoms with Gasteiger partial charge in [-0.25, -0.2) is 4.79 Å². The highest BCUT2D eigenvalue weighted by atomic mass is 16.5. The summed E-state index contributed by atoms with van der Waals surface area (Å²) < 4.78 is 10.6. The average Bonchev–Trinajstić information content (AvgIpc) is 3.04. The summed E-state index contributed by atoms with van der Waals surface area (Å²) in [5.41, 5.74) is 3.90. The SMILES string of the molecule is COc1ccc2c(c1)N(C1CCC1)C(c1ccc(NC(=O)OCC(C)C)cc1)C2C#N. The van der Waals surface area contributed by atoms with Crippen LogP contribution in [0.15, 0.2) is 42.5 Å². The zero-order valence-corrected chi connectivity index (χ0v) is 18.3. The maximum absolute atomic E-state index is 12.0. The van der Waals surface area contributed by atoms with Gasteiger partial charge in [0, 0.05) is 23.5 Å². The molecule has 1 fully saturated rings. The predicted octanol–water partition coefficient (Wildman–Crippen LogP) is 5.62. The number of hydrogen-bond acceptors (Lipinski definition) is 5. The third-order valence-corrected chi connectivity index (χ3v) is 6.12. The Labute approximate surface area is 183 Å². The van der Waals surface area contributed by atoms with Gasteiger partial charge >= 0.3 is 6.09 Å².